The van der Waals surface area contributed by atoms with Crippen LogP contribution in [-0.2, 0) is 6.18 Å². The Balaban J connectivity index is 2.30. The van der Waals surface area contributed by atoms with Crippen molar-refractivity contribution in [2.45, 2.75) is 6.18 Å². The molecule has 0 saturated carbocycles. The molecule has 0 unspecified atom stereocenters. The number of hydrogen-bond donors (Lipinski definition) is 1. The zero-order chi connectivity index (χ0) is 14.9. The number of nitrogens with two attached hydrogens (primary N) is 1. The van der Waals surface area contributed by atoms with Crippen molar-refractivity contribution < 1.29 is 17.9 Å². The van der Waals surface area contributed by atoms with Crippen LogP contribution in [0, 0.1) is 0 Å². The zero-order valence-electron chi connectivity index (χ0n) is 9.71. The Bertz CT molecular complexity index is 649. The van der Waals surface area contributed by atoms with Gasteiger partial charge in [-0.05, 0) is 24.3 Å². The van der Waals surface area contributed by atoms with E-state index in [4.69, 9.17) is 22.1 Å². The molecular formula is C12H7BrClF3N2O. The Kier molecular flexibility index (Phi) is 4.10. The molecule has 2 rings (SSSR count). The van der Waals surface area contributed by atoms with E-state index in [9.17, 15) is 13.2 Å². The molecule has 2 N–H and O–H groups in total. The van der Waals surface area contributed by atoms with Crippen LogP contribution in [-0.4, -0.2) is 4.98 Å². The fraction of sp³-hybridized carbons (Fsp3) is 0.0833. The van der Waals surface area contributed by atoms with Crippen LogP contribution < -0.4 is 10.5 Å². The molecule has 0 fully saturated rings. The van der Waals surface area contributed by atoms with Crippen molar-refractivity contribution in [3.63, 3.8) is 0 Å². The number of aromatic nitrogens is 1. The normalized spacial score (nSPS) is 11.4. The maximum Gasteiger partial charge on any atom is 0.417 e. The summed E-state index contributed by atoms with van der Waals surface area (Å²) in [7, 11) is 0. The predicted octanol–water partition coefficient (Wildman–Crippen LogP) is 4.89. The lowest BCUT2D eigenvalue weighted by Gasteiger charge is -2.11. The van der Waals surface area contributed by atoms with Crippen molar-refractivity contribution in [1.82, 2.24) is 4.98 Å². The molecule has 0 aliphatic rings. The zero-order valence-corrected chi connectivity index (χ0v) is 12.1. The summed E-state index contributed by atoms with van der Waals surface area (Å²) in [4.78, 5) is 3.56. The van der Waals surface area contributed by atoms with E-state index >= 15 is 0 Å². The number of nitrogens with zero attached hydrogens (tertiary/aromatic N) is 1. The average molecular weight is 368 g/mol. The molecule has 8 heteroatoms. The number of rotatable bonds is 2. The van der Waals surface area contributed by atoms with Gasteiger partial charge in [0.15, 0.2) is 5.75 Å². The summed E-state index contributed by atoms with van der Waals surface area (Å²) in [6.45, 7) is 0. The molecule has 1 aromatic carbocycles. The van der Waals surface area contributed by atoms with Gasteiger partial charge in [0.05, 0.1) is 11.3 Å². The van der Waals surface area contributed by atoms with Crippen LogP contribution in [0.4, 0.5) is 18.9 Å². The third kappa shape index (κ3) is 3.34. The maximum atomic E-state index is 12.5. The Morgan fingerprint density at radius 3 is 2.50 bits per heavy atom. The number of halogens is 5. The highest BCUT2D eigenvalue weighted by atomic mass is 79.9. The smallest absolute Gasteiger partial charge is 0.417 e. The van der Waals surface area contributed by atoms with E-state index in [0.29, 0.717) is 11.9 Å². The molecule has 3 nitrogen and oxygen atoms in total. The second-order valence-corrected chi connectivity index (χ2v) is 5.12. The van der Waals surface area contributed by atoms with Gasteiger partial charge in [-0.15, -0.1) is 0 Å². The Morgan fingerprint density at radius 1 is 1.25 bits per heavy atom. The fourth-order valence-corrected chi connectivity index (χ4v) is 1.96. The van der Waals surface area contributed by atoms with Crippen molar-refractivity contribution in [2.24, 2.45) is 0 Å². The van der Waals surface area contributed by atoms with E-state index in [1.165, 1.54) is 0 Å². The molecule has 2 aromatic rings. The molecule has 1 aromatic heterocycles. The lowest BCUT2D eigenvalue weighted by Crippen LogP contribution is -2.06. The van der Waals surface area contributed by atoms with Gasteiger partial charge in [-0.1, -0.05) is 27.5 Å². The highest BCUT2D eigenvalue weighted by Crippen LogP contribution is 2.36. The van der Waals surface area contributed by atoms with Crippen molar-refractivity contribution in [3.05, 3.63) is 45.5 Å². The summed E-state index contributed by atoms with van der Waals surface area (Å²) < 4.78 is 43.5. The summed E-state index contributed by atoms with van der Waals surface area (Å²) in [5.41, 5.74) is 5.07. The summed E-state index contributed by atoms with van der Waals surface area (Å²) in [5.74, 6) is 0.107. The lowest BCUT2D eigenvalue weighted by molar-refractivity contribution is -0.137. The van der Waals surface area contributed by atoms with E-state index < -0.39 is 11.7 Å². The van der Waals surface area contributed by atoms with E-state index in [1.54, 1.807) is 18.2 Å². The van der Waals surface area contributed by atoms with Gasteiger partial charge >= 0.3 is 6.18 Å². The first-order chi connectivity index (χ1) is 9.27. The number of pyridine rings is 1. The Hall–Kier alpha value is -1.47. The lowest BCUT2D eigenvalue weighted by atomic mass is 10.3. The second-order valence-electron chi connectivity index (χ2n) is 3.79. The third-order valence-electron chi connectivity index (χ3n) is 2.31. The SMILES string of the molecule is Nc1cc(Br)ccc1Oc1ncc(C(F)(F)F)cc1Cl. The standard InChI is InChI=1S/C12H7BrClF3N2O/c13-7-1-2-10(9(18)4-7)20-11-8(14)3-6(5-19-11)12(15,16)17/h1-5H,18H2. The molecule has 0 radical (unpaired) electrons. The van der Waals surface area contributed by atoms with E-state index in [2.05, 4.69) is 20.9 Å². The quantitative estimate of drug-likeness (QED) is 0.769. The third-order valence-corrected chi connectivity index (χ3v) is 3.08. The minimum atomic E-state index is -4.51. The number of alkyl halides is 3. The van der Waals surface area contributed by atoms with Crippen molar-refractivity contribution in [2.75, 3.05) is 5.73 Å². The van der Waals surface area contributed by atoms with Gasteiger partial charge in [0, 0.05) is 10.7 Å². The van der Waals surface area contributed by atoms with Gasteiger partial charge in [-0.2, -0.15) is 13.2 Å². The fourth-order valence-electron chi connectivity index (χ4n) is 1.37. The monoisotopic (exact) mass is 366 g/mol. The highest BCUT2D eigenvalue weighted by Gasteiger charge is 2.31. The van der Waals surface area contributed by atoms with Crippen LogP contribution in [0.3, 0.4) is 0 Å². The Labute approximate surface area is 125 Å². The van der Waals surface area contributed by atoms with Crippen LogP contribution in [0.2, 0.25) is 5.02 Å². The van der Waals surface area contributed by atoms with Gasteiger partial charge in [0.1, 0.15) is 5.02 Å². The van der Waals surface area contributed by atoms with Gasteiger partial charge in [-0.3, -0.25) is 0 Å². The van der Waals surface area contributed by atoms with Crippen molar-refractivity contribution in [3.8, 4) is 11.6 Å². The van der Waals surface area contributed by atoms with E-state index in [0.717, 1.165) is 10.5 Å². The summed E-state index contributed by atoms with van der Waals surface area (Å²) in [6, 6.07) is 5.56. The van der Waals surface area contributed by atoms with Crippen LogP contribution in [0.1, 0.15) is 5.56 Å². The molecule has 0 amide bonds. The molecule has 1 heterocycles. The van der Waals surface area contributed by atoms with Crippen LogP contribution in [0.15, 0.2) is 34.9 Å². The number of anilines is 1. The molecule has 0 saturated heterocycles. The summed E-state index contributed by atoms with van der Waals surface area (Å²) >= 11 is 8.96. The largest absolute Gasteiger partial charge is 0.435 e. The first-order valence-electron chi connectivity index (χ1n) is 5.23. The first kappa shape index (κ1) is 14.9. The topological polar surface area (TPSA) is 48.1 Å². The molecule has 0 aliphatic heterocycles. The van der Waals surface area contributed by atoms with Crippen molar-refractivity contribution in [1.29, 1.82) is 0 Å². The van der Waals surface area contributed by atoms with Crippen LogP contribution >= 0.6 is 27.5 Å². The number of nitrogen functional groups attached to an aromatic ring is 1. The summed E-state index contributed by atoms with van der Waals surface area (Å²) in [5, 5.41) is -0.248. The molecule has 20 heavy (non-hydrogen) atoms. The predicted molar refractivity (Wildman–Crippen MR) is 72.9 cm³/mol. The molecule has 0 atom stereocenters. The van der Waals surface area contributed by atoms with E-state index in [-0.39, 0.29) is 16.7 Å². The first-order valence-corrected chi connectivity index (χ1v) is 6.40. The van der Waals surface area contributed by atoms with Gasteiger partial charge in [0.25, 0.3) is 0 Å². The van der Waals surface area contributed by atoms with Gasteiger partial charge in [0.2, 0.25) is 5.88 Å². The highest BCUT2D eigenvalue weighted by molar-refractivity contribution is 9.10. The number of ether oxygens (including phenoxy) is 1. The van der Waals surface area contributed by atoms with Crippen LogP contribution in [0.25, 0.3) is 0 Å². The van der Waals surface area contributed by atoms with Crippen LogP contribution in [0.5, 0.6) is 11.6 Å². The van der Waals surface area contributed by atoms with Crippen molar-refractivity contribution >= 4 is 33.2 Å². The average Bonchev–Trinajstić information content (AvgIpc) is 2.33. The minimum Gasteiger partial charge on any atom is -0.435 e. The number of benzene rings is 1. The molecular weight excluding hydrogens is 360 g/mol. The molecule has 0 bridgehead atoms. The van der Waals surface area contributed by atoms with E-state index in [1.807, 2.05) is 0 Å². The minimum absolute atomic E-state index is 0.145. The molecule has 0 spiro atoms. The maximum absolute atomic E-state index is 12.5. The van der Waals surface area contributed by atoms with Gasteiger partial charge < -0.3 is 10.5 Å². The Morgan fingerprint density at radius 2 is 1.95 bits per heavy atom. The molecule has 0 aliphatic carbocycles. The summed E-state index contributed by atoms with van der Waals surface area (Å²) in [6.07, 6.45) is -3.86. The van der Waals surface area contributed by atoms with Gasteiger partial charge in [-0.25, -0.2) is 4.98 Å². The number of hydrogen-bond acceptors (Lipinski definition) is 3. The second kappa shape index (κ2) is 5.49. The molecule has 106 valence electrons.